The number of nitrogens with two attached hydrogens (primary N) is 1. The molecule has 0 bridgehead atoms. The summed E-state index contributed by atoms with van der Waals surface area (Å²) in [6.45, 7) is 6.79. The Bertz CT molecular complexity index is 30.6. The third-order valence-electron chi connectivity index (χ3n) is 0.303. The molecule has 0 heterocycles. The van der Waals surface area contributed by atoms with Gasteiger partial charge in [-0.25, -0.2) is 0 Å². The fourth-order valence-corrected chi connectivity index (χ4v) is 0. The predicted molar refractivity (Wildman–Crippen MR) is 23.5 cm³/mol. The van der Waals surface area contributed by atoms with Gasteiger partial charge in [0.05, 0.1) is 0 Å². The lowest BCUT2D eigenvalue weighted by Crippen LogP contribution is -2.09. The van der Waals surface area contributed by atoms with Gasteiger partial charge >= 0.3 is 0 Å². The van der Waals surface area contributed by atoms with E-state index in [1.54, 1.807) is 6.08 Å². The second-order valence-electron chi connectivity index (χ2n) is 0.900. The Kier molecular flexibility index (Phi) is 1.85. The van der Waals surface area contributed by atoms with E-state index in [0.717, 1.165) is 0 Å². The molecule has 0 saturated carbocycles. The van der Waals surface area contributed by atoms with Crippen molar-refractivity contribution in [2.75, 3.05) is 0 Å². The van der Waals surface area contributed by atoms with Crippen LogP contribution in [0.3, 0.4) is 0 Å². The Labute approximate surface area is 32.5 Å². The second kappa shape index (κ2) is 1.97. The van der Waals surface area contributed by atoms with Crippen LogP contribution in [0, 0.1) is 6.92 Å². The summed E-state index contributed by atoms with van der Waals surface area (Å²) in [6, 6.07) is -0.102. The molecule has 1 heteroatoms. The molecule has 0 aliphatic rings. The zero-order valence-electron chi connectivity index (χ0n) is 3.15. The smallest absolute Gasteiger partial charge is 0.0221 e. The van der Waals surface area contributed by atoms with Gasteiger partial charge in [0.2, 0.25) is 0 Å². The Hall–Kier alpha value is -0.300. The Balaban J connectivity index is 2.83. The Morgan fingerprint density at radius 1 is 1.80 bits per heavy atom. The summed E-state index contributed by atoms with van der Waals surface area (Å²) < 4.78 is 0. The molecular formula is C4H8N. The quantitative estimate of drug-likeness (QED) is 0.442. The van der Waals surface area contributed by atoms with Crippen molar-refractivity contribution in [3.8, 4) is 0 Å². The fraction of sp³-hybridized carbons (Fsp3) is 0.250. The fourth-order valence-electron chi connectivity index (χ4n) is 0. The first kappa shape index (κ1) is 4.70. The molecule has 0 saturated heterocycles. The predicted octanol–water partition coefficient (Wildman–Crippen LogP) is 0.334. The lowest BCUT2D eigenvalue weighted by Gasteiger charge is -1.85. The minimum atomic E-state index is -0.102. The molecular weight excluding hydrogens is 62.1 g/mol. The third-order valence-corrected chi connectivity index (χ3v) is 0.303. The van der Waals surface area contributed by atoms with Gasteiger partial charge in [-0.15, -0.1) is 6.58 Å². The molecule has 29 valence electrons. The van der Waals surface area contributed by atoms with Gasteiger partial charge in [-0.05, 0) is 6.92 Å². The van der Waals surface area contributed by atoms with Gasteiger partial charge in [0.15, 0.2) is 0 Å². The molecule has 1 radical (unpaired) electrons. The highest BCUT2D eigenvalue weighted by Gasteiger charge is 1.73. The SMILES string of the molecule is [CH2]C(N)C=C. The van der Waals surface area contributed by atoms with Gasteiger partial charge in [-0.2, -0.15) is 0 Å². The topological polar surface area (TPSA) is 26.0 Å². The van der Waals surface area contributed by atoms with Crippen LogP contribution in [0.25, 0.3) is 0 Å². The lowest BCUT2D eigenvalue weighted by atomic mass is 10.4. The monoisotopic (exact) mass is 70.1 g/mol. The first-order valence-electron chi connectivity index (χ1n) is 1.48. The minimum Gasteiger partial charge on any atom is -0.324 e. The average molecular weight is 70.1 g/mol. The molecule has 0 spiro atoms. The van der Waals surface area contributed by atoms with Crippen molar-refractivity contribution in [2.45, 2.75) is 6.04 Å². The molecule has 1 nitrogen and oxygen atoms in total. The molecule has 0 rings (SSSR count). The van der Waals surface area contributed by atoms with Crippen molar-refractivity contribution in [1.29, 1.82) is 0 Å². The molecule has 0 amide bonds. The third kappa shape index (κ3) is 3.70. The summed E-state index contributed by atoms with van der Waals surface area (Å²) >= 11 is 0. The average Bonchev–Trinajstić information content (AvgIpc) is 1.38. The zero-order chi connectivity index (χ0) is 4.28. The Morgan fingerprint density at radius 3 is 2.00 bits per heavy atom. The van der Waals surface area contributed by atoms with Crippen molar-refractivity contribution in [2.24, 2.45) is 5.73 Å². The summed E-state index contributed by atoms with van der Waals surface area (Å²) in [6.07, 6.45) is 1.58. The summed E-state index contributed by atoms with van der Waals surface area (Å²) in [5.74, 6) is 0. The van der Waals surface area contributed by atoms with Crippen molar-refractivity contribution < 1.29 is 0 Å². The standard InChI is InChI=1S/C4H8N/c1-3-4(2)5/h3-4H,1-2,5H2. The van der Waals surface area contributed by atoms with Crippen LogP contribution in [0.1, 0.15) is 0 Å². The van der Waals surface area contributed by atoms with Gasteiger partial charge < -0.3 is 5.73 Å². The molecule has 1 unspecified atom stereocenters. The van der Waals surface area contributed by atoms with Gasteiger partial charge in [-0.1, -0.05) is 6.08 Å². The van der Waals surface area contributed by atoms with Crippen LogP contribution in [0.4, 0.5) is 0 Å². The van der Waals surface area contributed by atoms with Crippen LogP contribution < -0.4 is 5.73 Å². The first-order valence-corrected chi connectivity index (χ1v) is 1.48. The summed E-state index contributed by atoms with van der Waals surface area (Å²) in [5, 5.41) is 0. The maximum atomic E-state index is 5.06. The maximum absolute atomic E-state index is 5.06. The molecule has 2 N–H and O–H groups in total. The van der Waals surface area contributed by atoms with E-state index in [0.29, 0.717) is 0 Å². The van der Waals surface area contributed by atoms with Crippen molar-refractivity contribution in [3.05, 3.63) is 19.6 Å². The van der Waals surface area contributed by atoms with E-state index in [1.165, 1.54) is 0 Å². The molecule has 0 aromatic carbocycles. The van der Waals surface area contributed by atoms with E-state index in [9.17, 15) is 0 Å². The van der Waals surface area contributed by atoms with Gasteiger partial charge in [-0.3, -0.25) is 0 Å². The number of rotatable bonds is 1. The van der Waals surface area contributed by atoms with Crippen LogP contribution in [0.2, 0.25) is 0 Å². The van der Waals surface area contributed by atoms with Crippen LogP contribution in [0.5, 0.6) is 0 Å². The van der Waals surface area contributed by atoms with E-state index in [-0.39, 0.29) is 6.04 Å². The highest BCUT2D eigenvalue weighted by molar-refractivity contribution is 4.83. The molecule has 5 heavy (non-hydrogen) atoms. The van der Waals surface area contributed by atoms with Crippen molar-refractivity contribution in [1.82, 2.24) is 0 Å². The molecule has 0 aliphatic heterocycles. The Morgan fingerprint density at radius 2 is 2.00 bits per heavy atom. The van der Waals surface area contributed by atoms with E-state index in [4.69, 9.17) is 5.73 Å². The summed E-state index contributed by atoms with van der Waals surface area (Å²) in [5.41, 5.74) is 5.06. The van der Waals surface area contributed by atoms with E-state index < -0.39 is 0 Å². The largest absolute Gasteiger partial charge is 0.324 e. The highest BCUT2D eigenvalue weighted by atomic mass is 14.6. The van der Waals surface area contributed by atoms with Crippen molar-refractivity contribution in [3.63, 3.8) is 0 Å². The molecule has 0 aromatic heterocycles. The lowest BCUT2D eigenvalue weighted by molar-refractivity contribution is 1.03. The van der Waals surface area contributed by atoms with Crippen LogP contribution in [-0.2, 0) is 0 Å². The second-order valence-corrected chi connectivity index (χ2v) is 0.900. The molecule has 0 aliphatic carbocycles. The number of hydrogen-bond donors (Lipinski definition) is 1. The van der Waals surface area contributed by atoms with E-state index in [1.807, 2.05) is 0 Å². The highest BCUT2D eigenvalue weighted by Crippen LogP contribution is 1.66. The van der Waals surface area contributed by atoms with Crippen molar-refractivity contribution >= 4 is 0 Å². The maximum Gasteiger partial charge on any atom is 0.0221 e. The normalized spacial score (nSPS) is 14.0. The van der Waals surface area contributed by atoms with Gasteiger partial charge in [0.1, 0.15) is 0 Å². The number of hydrogen-bond acceptors (Lipinski definition) is 1. The van der Waals surface area contributed by atoms with Gasteiger partial charge in [0.25, 0.3) is 0 Å². The van der Waals surface area contributed by atoms with Crippen LogP contribution in [-0.4, -0.2) is 6.04 Å². The molecule has 0 fully saturated rings. The summed E-state index contributed by atoms with van der Waals surface area (Å²) in [7, 11) is 0. The zero-order valence-corrected chi connectivity index (χ0v) is 3.15. The van der Waals surface area contributed by atoms with E-state index in [2.05, 4.69) is 13.5 Å². The first-order chi connectivity index (χ1) is 2.27. The van der Waals surface area contributed by atoms with Gasteiger partial charge in [0, 0.05) is 6.04 Å². The van der Waals surface area contributed by atoms with Crippen LogP contribution >= 0.6 is 0 Å². The summed E-state index contributed by atoms with van der Waals surface area (Å²) in [4.78, 5) is 0. The molecule has 1 atom stereocenters. The molecule has 0 aromatic rings. The minimum absolute atomic E-state index is 0.102. The van der Waals surface area contributed by atoms with Crippen LogP contribution in [0.15, 0.2) is 12.7 Å². The van der Waals surface area contributed by atoms with E-state index >= 15 is 0 Å².